The molecule has 0 radical (unpaired) electrons. The fourth-order valence-electron chi connectivity index (χ4n) is 3.38. The molecule has 0 spiro atoms. The lowest BCUT2D eigenvalue weighted by atomic mass is 9.98. The van der Waals surface area contributed by atoms with Crippen molar-refractivity contribution < 1.29 is 9.72 Å². The van der Waals surface area contributed by atoms with Crippen LogP contribution in [0.25, 0.3) is 0 Å². The van der Waals surface area contributed by atoms with Gasteiger partial charge in [-0.05, 0) is 56.1 Å². The number of piperidine rings is 1. The highest BCUT2D eigenvalue weighted by Gasteiger charge is 2.19. The summed E-state index contributed by atoms with van der Waals surface area (Å²) in [6.45, 7) is 5.85. The van der Waals surface area contributed by atoms with E-state index in [4.69, 9.17) is 12.2 Å². The Labute approximate surface area is 175 Å². The van der Waals surface area contributed by atoms with Crippen molar-refractivity contribution in [2.75, 3.05) is 23.3 Å². The van der Waals surface area contributed by atoms with Gasteiger partial charge in [-0.1, -0.05) is 25.1 Å². The molecule has 2 aromatic rings. The largest absolute Gasteiger partial charge is 0.370 e. The second-order valence-corrected chi connectivity index (χ2v) is 7.76. The van der Waals surface area contributed by atoms with Crippen LogP contribution in [0.4, 0.5) is 17.1 Å². The molecule has 0 saturated carbocycles. The fraction of sp³-hybridized carbons (Fsp3) is 0.333. The van der Waals surface area contributed by atoms with Crippen molar-refractivity contribution in [2.45, 2.75) is 26.7 Å². The molecule has 1 fully saturated rings. The third-order valence-electron chi connectivity index (χ3n) is 5.17. The maximum Gasteiger partial charge on any atom is 0.273 e. The van der Waals surface area contributed by atoms with E-state index in [2.05, 4.69) is 22.5 Å². The highest BCUT2D eigenvalue weighted by molar-refractivity contribution is 7.80. The molecule has 7 nitrogen and oxygen atoms in total. The maximum absolute atomic E-state index is 12.5. The molecular weight excluding hydrogens is 388 g/mol. The van der Waals surface area contributed by atoms with Gasteiger partial charge in [0.05, 0.1) is 16.3 Å². The van der Waals surface area contributed by atoms with Crippen LogP contribution in [0.5, 0.6) is 0 Å². The van der Waals surface area contributed by atoms with E-state index in [1.807, 2.05) is 24.3 Å². The van der Waals surface area contributed by atoms with Crippen LogP contribution >= 0.6 is 12.2 Å². The van der Waals surface area contributed by atoms with E-state index >= 15 is 0 Å². The Bertz CT molecular complexity index is 939. The Kier molecular flexibility index (Phi) is 6.43. The summed E-state index contributed by atoms with van der Waals surface area (Å²) in [6.07, 6.45) is 2.28. The SMILES string of the molecule is Cc1ccc(C(=O)NC(=S)Nc2ccccc2N2CCC(C)CC2)cc1[N+](=O)[O-]. The quantitative estimate of drug-likeness (QED) is 0.443. The molecule has 0 atom stereocenters. The minimum atomic E-state index is -0.502. The molecule has 2 N–H and O–H groups in total. The predicted molar refractivity (Wildman–Crippen MR) is 119 cm³/mol. The van der Waals surface area contributed by atoms with Crippen LogP contribution in [-0.2, 0) is 0 Å². The van der Waals surface area contributed by atoms with Crippen molar-refractivity contribution in [3.8, 4) is 0 Å². The number of hydrogen-bond acceptors (Lipinski definition) is 5. The number of anilines is 2. The summed E-state index contributed by atoms with van der Waals surface area (Å²) in [5.41, 5.74) is 2.45. The molecule has 0 bridgehead atoms. The summed E-state index contributed by atoms with van der Waals surface area (Å²) in [5.74, 6) is 0.236. The molecule has 2 aromatic carbocycles. The van der Waals surface area contributed by atoms with Gasteiger partial charge in [0.15, 0.2) is 5.11 Å². The van der Waals surface area contributed by atoms with Crippen LogP contribution in [-0.4, -0.2) is 29.0 Å². The van der Waals surface area contributed by atoms with Crippen molar-refractivity contribution >= 4 is 40.3 Å². The molecular formula is C21H24N4O3S. The van der Waals surface area contributed by atoms with Gasteiger partial charge in [-0.2, -0.15) is 0 Å². The van der Waals surface area contributed by atoms with E-state index in [9.17, 15) is 14.9 Å². The van der Waals surface area contributed by atoms with Gasteiger partial charge in [0, 0.05) is 30.3 Å². The van der Waals surface area contributed by atoms with Crippen molar-refractivity contribution in [3.63, 3.8) is 0 Å². The van der Waals surface area contributed by atoms with Gasteiger partial charge in [0.25, 0.3) is 11.6 Å². The maximum atomic E-state index is 12.5. The Morgan fingerprint density at radius 1 is 1.21 bits per heavy atom. The van der Waals surface area contributed by atoms with Crippen molar-refractivity contribution in [1.82, 2.24) is 5.32 Å². The average Bonchev–Trinajstić information content (AvgIpc) is 2.69. The average molecular weight is 413 g/mol. The number of para-hydroxylation sites is 2. The molecule has 0 aliphatic carbocycles. The predicted octanol–water partition coefficient (Wildman–Crippen LogP) is 4.27. The van der Waals surface area contributed by atoms with Crippen LogP contribution < -0.4 is 15.5 Å². The smallest absolute Gasteiger partial charge is 0.273 e. The summed E-state index contributed by atoms with van der Waals surface area (Å²) in [5, 5.41) is 16.9. The number of benzene rings is 2. The number of carbonyl (C=O) groups excluding carboxylic acids is 1. The van der Waals surface area contributed by atoms with E-state index < -0.39 is 10.8 Å². The van der Waals surface area contributed by atoms with Crippen LogP contribution in [0.3, 0.4) is 0 Å². The number of amides is 1. The zero-order chi connectivity index (χ0) is 21.0. The standard InChI is InChI=1S/C21H24N4O3S/c1-14-9-11-24(12-10-14)18-6-4-3-5-17(18)22-21(29)23-20(26)16-8-7-15(2)19(13-16)25(27)28/h3-8,13-14H,9-12H2,1-2H3,(H2,22,23,26,29). The lowest BCUT2D eigenvalue weighted by Gasteiger charge is -2.33. The van der Waals surface area contributed by atoms with Crippen molar-refractivity contribution in [3.05, 3.63) is 63.7 Å². The van der Waals surface area contributed by atoms with Crippen LogP contribution in [0.1, 0.15) is 35.7 Å². The highest BCUT2D eigenvalue weighted by Crippen LogP contribution is 2.29. The first kappa shape index (κ1) is 20.7. The fourth-order valence-corrected chi connectivity index (χ4v) is 3.58. The number of nitro benzene ring substituents is 1. The number of nitro groups is 1. The summed E-state index contributed by atoms with van der Waals surface area (Å²) < 4.78 is 0. The molecule has 1 aliphatic rings. The number of rotatable bonds is 4. The Hall–Kier alpha value is -3.00. The molecule has 29 heavy (non-hydrogen) atoms. The topological polar surface area (TPSA) is 87.5 Å². The molecule has 1 aliphatic heterocycles. The summed E-state index contributed by atoms with van der Waals surface area (Å²) in [7, 11) is 0. The molecule has 3 rings (SSSR count). The number of carbonyl (C=O) groups is 1. The molecule has 0 unspecified atom stereocenters. The minimum Gasteiger partial charge on any atom is -0.370 e. The monoisotopic (exact) mass is 412 g/mol. The van der Waals surface area contributed by atoms with E-state index in [0.29, 0.717) is 5.56 Å². The first-order chi connectivity index (χ1) is 13.8. The van der Waals surface area contributed by atoms with E-state index in [1.165, 1.54) is 6.07 Å². The Morgan fingerprint density at radius 3 is 2.59 bits per heavy atom. The summed E-state index contributed by atoms with van der Waals surface area (Å²) >= 11 is 5.31. The number of hydrogen-bond donors (Lipinski definition) is 2. The van der Waals surface area contributed by atoms with Gasteiger partial charge in [-0.25, -0.2) is 0 Å². The molecule has 0 aromatic heterocycles. The van der Waals surface area contributed by atoms with Gasteiger partial charge in [-0.3, -0.25) is 20.2 Å². The molecule has 1 heterocycles. The van der Waals surface area contributed by atoms with Crippen molar-refractivity contribution in [2.24, 2.45) is 5.92 Å². The Balaban J connectivity index is 1.69. The molecule has 8 heteroatoms. The lowest BCUT2D eigenvalue weighted by molar-refractivity contribution is -0.385. The lowest BCUT2D eigenvalue weighted by Crippen LogP contribution is -2.36. The normalized spacial score (nSPS) is 14.3. The van der Waals surface area contributed by atoms with Crippen LogP contribution in [0.2, 0.25) is 0 Å². The molecule has 1 amide bonds. The first-order valence-electron chi connectivity index (χ1n) is 9.56. The van der Waals surface area contributed by atoms with E-state index in [1.54, 1.807) is 19.1 Å². The zero-order valence-corrected chi connectivity index (χ0v) is 17.3. The highest BCUT2D eigenvalue weighted by atomic mass is 32.1. The number of nitrogens with zero attached hydrogens (tertiary/aromatic N) is 2. The van der Waals surface area contributed by atoms with Crippen LogP contribution in [0, 0.1) is 23.0 Å². The number of nitrogens with one attached hydrogen (secondary N) is 2. The molecule has 1 saturated heterocycles. The number of thiocarbonyl (C=S) groups is 1. The number of aryl methyl sites for hydroxylation is 1. The third kappa shape index (κ3) is 5.08. The third-order valence-corrected chi connectivity index (χ3v) is 5.38. The van der Waals surface area contributed by atoms with Gasteiger partial charge in [-0.15, -0.1) is 0 Å². The second kappa shape index (κ2) is 9.00. The molecule has 152 valence electrons. The summed E-state index contributed by atoms with van der Waals surface area (Å²) in [4.78, 5) is 25.4. The van der Waals surface area contributed by atoms with Crippen molar-refractivity contribution in [1.29, 1.82) is 0 Å². The Morgan fingerprint density at radius 2 is 1.90 bits per heavy atom. The van der Waals surface area contributed by atoms with Gasteiger partial charge < -0.3 is 10.2 Å². The first-order valence-corrected chi connectivity index (χ1v) is 9.97. The second-order valence-electron chi connectivity index (χ2n) is 7.35. The van der Waals surface area contributed by atoms with Gasteiger partial charge in [0.2, 0.25) is 0 Å². The minimum absolute atomic E-state index is 0.0961. The van der Waals surface area contributed by atoms with Crippen LogP contribution in [0.15, 0.2) is 42.5 Å². The van der Waals surface area contributed by atoms with Gasteiger partial charge >= 0.3 is 0 Å². The van der Waals surface area contributed by atoms with E-state index in [0.717, 1.165) is 43.2 Å². The zero-order valence-electron chi connectivity index (χ0n) is 16.5. The van der Waals surface area contributed by atoms with Gasteiger partial charge in [0.1, 0.15) is 0 Å². The summed E-state index contributed by atoms with van der Waals surface area (Å²) in [6, 6.07) is 12.2. The van der Waals surface area contributed by atoms with E-state index in [-0.39, 0.29) is 16.4 Å².